The number of nitrogens with zero attached hydrogens (tertiary/aromatic N) is 1. The molecule has 12 heteroatoms. The summed E-state index contributed by atoms with van der Waals surface area (Å²) in [6.07, 6.45) is -2.48. The first kappa shape index (κ1) is 34.0. The molecule has 1 atom stereocenters. The Kier molecular flexibility index (Phi) is 11.5. The van der Waals surface area contributed by atoms with E-state index in [1.807, 2.05) is 36.4 Å². The number of ether oxygens (including phenoxy) is 4. The van der Waals surface area contributed by atoms with Gasteiger partial charge in [0.1, 0.15) is 30.6 Å². The number of benzene rings is 4. The van der Waals surface area contributed by atoms with Gasteiger partial charge in [-0.25, -0.2) is 24.2 Å². The lowest BCUT2D eigenvalue weighted by atomic mass is 10.1. The molecule has 0 heterocycles. The summed E-state index contributed by atoms with van der Waals surface area (Å²) in [5.41, 5.74) is 1.12. The van der Waals surface area contributed by atoms with Crippen molar-refractivity contribution in [2.45, 2.75) is 52.6 Å². The molecule has 0 saturated heterocycles. The van der Waals surface area contributed by atoms with Crippen molar-refractivity contribution >= 4 is 46.7 Å². The minimum atomic E-state index is -1.01. The minimum Gasteiger partial charge on any atom is -0.444 e. The molecular weight excluding hydrogens is 604 g/mol. The molecule has 0 aromatic heterocycles. The van der Waals surface area contributed by atoms with Crippen molar-refractivity contribution in [2.75, 3.05) is 0 Å². The van der Waals surface area contributed by atoms with Crippen LogP contribution >= 0.6 is 0 Å². The van der Waals surface area contributed by atoms with Gasteiger partial charge in [0.2, 0.25) is 5.96 Å². The molecule has 0 fully saturated rings. The van der Waals surface area contributed by atoms with Gasteiger partial charge in [-0.3, -0.25) is 10.6 Å². The second-order valence-electron chi connectivity index (χ2n) is 11.3. The van der Waals surface area contributed by atoms with Crippen LogP contribution in [0, 0.1) is 0 Å². The van der Waals surface area contributed by atoms with Crippen LogP contribution in [-0.4, -0.2) is 41.9 Å². The topological polar surface area (TPSA) is 154 Å². The van der Waals surface area contributed by atoms with E-state index in [9.17, 15) is 19.2 Å². The van der Waals surface area contributed by atoms with E-state index < -0.39 is 35.9 Å². The normalized spacial score (nSPS) is 11.4. The van der Waals surface area contributed by atoms with E-state index in [-0.39, 0.29) is 24.9 Å². The summed E-state index contributed by atoms with van der Waals surface area (Å²) >= 11 is 0. The minimum absolute atomic E-state index is 0.0113. The van der Waals surface area contributed by atoms with Gasteiger partial charge in [0.25, 0.3) is 0 Å². The Balaban J connectivity index is 1.54. The lowest BCUT2D eigenvalue weighted by Gasteiger charge is -2.21. The van der Waals surface area contributed by atoms with E-state index in [1.54, 1.807) is 75.4 Å². The quantitative estimate of drug-likeness (QED) is 0.0649. The highest BCUT2D eigenvalue weighted by Gasteiger charge is 2.23. The Bertz CT molecular complexity index is 1680. The van der Waals surface area contributed by atoms with Crippen LogP contribution in [0.1, 0.15) is 38.8 Å². The van der Waals surface area contributed by atoms with Gasteiger partial charge in [-0.1, -0.05) is 84.9 Å². The Morgan fingerprint density at radius 3 is 1.72 bits per heavy atom. The number of hydrogen-bond donors (Lipinski definition) is 3. The third-order valence-corrected chi connectivity index (χ3v) is 6.26. The first-order valence-corrected chi connectivity index (χ1v) is 14.7. The largest absolute Gasteiger partial charge is 0.444 e. The highest BCUT2D eigenvalue weighted by molar-refractivity contribution is 6.05. The summed E-state index contributed by atoms with van der Waals surface area (Å²) in [5, 5.41) is 8.42. The molecule has 0 bridgehead atoms. The number of guanidine groups is 1. The molecule has 0 radical (unpaired) electrons. The number of hydrogen-bond acceptors (Lipinski definition) is 9. The molecule has 244 valence electrons. The van der Waals surface area contributed by atoms with Crippen molar-refractivity contribution < 1.29 is 38.1 Å². The van der Waals surface area contributed by atoms with Crippen LogP contribution in [0.4, 0.5) is 20.1 Å². The van der Waals surface area contributed by atoms with Crippen LogP contribution in [0.3, 0.4) is 0 Å². The summed E-state index contributed by atoms with van der Waals surface area (Å²) < 4.78 is 21.5. The fourth-order valence-corrected chi connectivity index (χ4v) is 4.10. The van der Waals surface area contributed by atoms with Crippen molar-refractivity contribution in [3.05, 3.63) is 108 Å². The van der Waals surface area contributed by atoms with Crippen LogP contribution in [-0.2, 0) is 32.2 Å². The molecule has 3 amide bonds. The van der Waals surface area contributed by atoms with Crippen molar-refractivity contribution in [1.29, 1.82) is 0 Å². The Hall–Kier alpha value is -5.91. The molecule has 0 saturated carbocycles. The summed E-state index contributed by atoms with van der Waals surface area (Å²) in [7, 11) is 0. The third kappa shape index (κ3) is 10.9. The average Bonchev–Trinajstić information content (AvgIpc) is 3.04. The first-order valence-electron chi connectivity index (χ1n) is 14.7. The van der Waals surface area contributed by atoms with E-state index in [1.165, 1.54) is 13.0 Å². The molecule has 3 N–H and O–H groups in total. The number of carbonyl (C=O) groups excluding carboxylic acids is 4. The number of nitrogens with one attached hydrogen (secondary N) is 3. The van der Waals surface area contributed by atoms with E-state index in [0.717, 1.165) is 11.1 Å². The Morgan fingerprint density at radius 1 is 0.681 bits per heavy atom. The van der Waals surface area contributed by atoms with Crippen molar-refractivity contribution in [2.24, 2.45) is 4.99 Å². The van der Waals surface area contributed by atoms with Gasteiger partial charge in [0, 0.05) is 10.8 Å². The summed E-state index contributed by atoms with van der Waals surface area (Å²) in [6, 6.07) is 27.2. The zero-order valence-corrected chi connectivity index (χ0v) is 26.4. The number of aliphatic imine (C=N–C) groups is 1. The van der Waals surface area contributed by atoms with Gasteiger partial charge in [0.15, 0.2) is 0 Å². The number of rotatable bonds is 8. The molecule has 12 nitrogen and oxygen atoms in total. The van der Waals surface area contributed by atoms with Gasteiger partial charge >= 0.3 is 24.2 Å². The van der Waals surface area contributed by atoms with Gasteiger partial charge in [-0.2, -0.15) is 0 Å². The van der Waals surface area contributed by atoms with Crippen LogP contribution < -0.4 is 20.7 Å². The maximum Gasteiger partial charge on any atom is 0.414 e. The molecule has 4 aromatic rings. The molecule has 0 aliphatic rings. The molecule has 0 spiro atoms. The van der Waals surface area contributed by atoms with Crippen LogP contribution in [0.2, 0.25) is 0 Å². The average molecular weight is 641 g/mol. The summed E-state index contributed by atoms with van der Waals surface area (Å²) in [6.45, 7) is 6.59. The van der Waals surface area contributed by atoms with Gasteiger partial charge < -0.3 is 24.3 Å². The number of amides is 3. The second kappa shape index (κ2) is 15.9. The Morgan fingerprint density at radius 2 is 1.19 bits per heavy atom. The number of alkyl carbamates (subject to hydrolysis) is 3. The van der Waals surface area contributed by atoms with Gasteiger partial charge in [0.05, 0.1) is 5.69 Å². The molecule has 0 unspecified atom stereocenters. The van der Waals surface area contributed by atoms with Crippen LogP contribution in [0.15, 0.2) is 102 Å². The summed E-state index contributed by atoms with van der Waals surface area (Å²) in [5.74, 6) is -0.774. The maximum absolute atomic E-state index is 12.8. The second-order valence-corrected chi connectivity index (χ2v) is 11.3. The standard InChI is InChI=1S/C35H36N4O8/c1-23(36-34(43)47-35(2,3)4)30(40)46-29-20-19-28(26-17-11-12-18-27(26)29)37-31(38-32(41)44-21-24-13-7-5-8-14-24)39-33(42)45-22-25-15-9-6-10-16-25/h5-20,23H,21-22H2,1-4H3,(H,36,43)(H2,37,38,39,41,42)/t23-/m1/s1. The van der Waals surface area contributed by atoms with Crippen LogP contribution in [0.25, 0.3) is 10.8 Å². The predicted molar refractivity (Wildman–Crippen MR) is 175 cm³/mol. The van der Waals surface area contributed by atoms with Crippen molar-refractivity contribution in [3.63, 3.8) is 0 Å². The molecule has 4 aromatic carbocycles. The molecule has 0 aliphatic carbocycles. The van der Waals surface area contributed by atoms with E-state index >= 15 is 0 Å². The molecule has 4 rings (SSSR count). The van der Waals surface area contributed by atoms with Gasteiger partial charge in [-0.15, -0.1) is 0 Å². The highest BCUT2D eigenvalue weighted by atomic mass is 16.6. The smallest absolute Gasteiger partial charge is 0.414 e. The van der Waals surface area contributed by atoms with Crippen molar-refractivity contribution in [3.8, 4) is 5.75 Å². The number of esters is 1. The SMILES string of the molecule is C[C@@H](NC(=O)OC(C)(C)C)C(=O)Oc1ccc(N=C(NC(=O)OCc2ccccc2)NC(=O)OCc2ccccc2)c2ccccc12. The lowest BCUT2D eigenvalue weighted by Crippen LogP contribution is -2.44. The number of fused-ring (bicyclic) bond motifs is 1. The zero-order valence-electron chi connectivity index (χ0n) is 26.4. The van der Waals surface area contributed by atoms with E-state index in [0.29, 0.717) is 16.5 Å². The number of carbonyl (C=O) groups is 4. The van der Waals surface area contributed by atoms with Gasteiger partial charge in [-0.05, 0) is 51.0 Å². The predicted octanol–water partition coefficient (Wildman–Crippen LogP) is 6.50. The van der Waals surface area contributed by atoms with Crippen LogP contribution in [0.5, 0.6) is 5.75 Å². The molecule has 47 heavy (non-hydrogen) atoms. The first-order chi connectivity index (χ1) is 22.5. The van der Waals surface area contributed by atoms with Crippen molar-refractivity contribution in [1.82, 2.24) is 16.0 Å². The fourth-order valence-electron chi connectivity index (χ4n) is 4.10. The van der Waals surface area contributed by atoms with E-state index in [2.05, 4.69) is 20.9 Å². The molecule has 0 aliphatic heterocycles. The van der Waals surface area contributed by atoms with E-state index in [4.69, 9.17) is 18.9 Å². The summed E-state index contributed by atoms with van der Waals surface area (Å²) in [4.78, 5) is 54.9. The third-order valence-electron chi connectivity index (χ3n) is 6.26. The maximum atomic E-state index is 12.8. The lowest BCUT2D eigenvalue weighted by molar-refractivity contribution is -0.136. The molecular formula is C35H36N4O8. The monoisotopic (exact) mass is 640 g/mol. The highest BCUT2D eigenvalue weighted by Crippen LogP contribution is 2.33. The fraction of sp³-hybridized carbons (Fsp3) is 0.229. The zero-order chi connectivity index (χ0) is 33.8. The Labute approximate surface area is 272 Å².